The maximum absolute atomic E-state index is 13.4. The van der Waals surface area contributed by atoms with Crippen molar-refractivity contribution in [3.05, 3.63) is 51.9 Å². The maximum atomic E-state index is 13.4. The van der Waals surface area contributed by atoms with E-state index in [4.69, 9.17) is 14.2 Å². The van der Waals surface area contributed by atoms with Gasteiger partial charge in [0.15, 0.2) is 0 Å². The molecule has 2 rings (SSSR count). The van der Waals surface area contributed by atoms with E-state index in [-0.39, 0.29) is 13.2 Å². The van der Waals surface area contributed by atoms with Gasteiger partial charge in [-0.05, 0) is 59.1 Å². The number of ether oxygens (including phenoxy) is 3. The topological polar surface area (TPSA) is 73.9 Å². The van der Waals surface area contributed by atoms with Gasteiger partial charge in [-0.15, -0.1) is 0 Å². The molecule has 1 N–H and O–H groups in total. The van der Waals surface area contributed by atoms with Crippen molar-refractivity contribution in [2.24, 2.45) is 0 Å². The lowest BCUT2D eigenvalue weighted by atomic mass is 9.77. The van der Waals surface area contributed by atoms with E-state index in [2.05, 4.69) is 18.3 Å². The summed E-state index contributed by atoms with van der Waals surface area (Å²) in [5.41, 5.74) is 4.20. The zero-order chi connectivity index (χ0) is 30.7. The standard InChI is InChI=1S/C36H57NO5/c1-7-11-12-13-14-15-16-17-18-19-20-21-22-24-29-25-23-26-30(40-8-2)33(29)34-31(35(38)41-9-3)27(5)37-28(6)32(34)36(39)42-10-4/h23,25-26,34,37H,7-22,24H2,1-6H3. The largest absolute Gasteiger partial charge is 0.494 e. The maximum Gasteiger partial charge on any atom is 0.336 e. The molecule has 0 saturated heterocycles. The second-order valence-electron chi connectivity index (χ2n) is 11.3. The molecule has 1 aromatic rings. The quantitative estimate of drug-likeness (QED) is 0.115. The van der Waals surface area contributed by atoms with Crippen LogP contribution in [0.25, 0.3) is 0 Å². The molecule has 1 aliphatic heterocycles. The van der Waals surface area contributed by atoms with Crippen LogP contribution in [0.2, 0.25) is 0 Å². The summed E-state index contributed by atoms with van der Waals surface area (Å²) < 4.78 is 17.1. The molecule has 0 atom stereocenters. The average molecular weight is 584 g/mol. The highest BCUT2D eigenvalue weighted by atomic mass is 16.5. The summed E-state index contributed by atoms with van der Waals surface area (Å²) >= 11 is 0. The van der Waals surface area contributed by atoms with Crippen molar-refractivity contribution in [3.8, 4) is 5.75 Å². The van der Waals surface area contributed by atoms with Crippen molar-refractivity contribution in [3.63, 3.8) is 0 Å². The van der Waals surface area contributed by atoms with Crippen LogP contribution in [0.4, 0.5) is 0 Å². The SMILES string of the molecule is CCCCCCCCCCCCCCCc1cccc(OCC)c1C1C(C(=O)OCC)=C(C)NC(C)=C1C(=O)OCC. The van der Waals surface area contributed by atoms with Gasteiger partial charge in [0.2, 0.25) is 0 Å². The Morgan fingerprint density at radius 3 is 1.60 bits per heavy atom. The van der Waals surface area contributed by atoms with Crippen LogP contribution in [0, 0.1) is 0 Å². The Kier molecular flexibility index (Phi) is 17.0. The van der Waals surface area contributed by atoms with Crippen LogP contribution in [0.3, 0.4) is 0 Å². The minimum Gasteiger partial charge on any atom is -0.494 e. The lowest BCUT2D eigenvalue weighted by Gasteiger charge is -2.32. The van der Waals surface area contributed by atoms with Gasteiger partial charge in [-0.2, -0.15) is 0 Å². The molecule has 6 heteroatoms. The first-order valence-corrected chi connectivity index (χ1v) is 16.7. The van der Waals surface area contributed by atoms with Crippen molar-refractivity contribution in [2.75, 3.05) is 19.8 Å². The number of aryl methyl sites for hydroxylation is 1. The molecule has 0 radical (unpaired) electrons. The van der Waals surface area contributed by atoms with Crippen molar-refractivity contribution in [2.45, 2.75) is 137 Å². The molecule has 0 bridgehead atoms. The fourth-order valence-corrected chi connectivity index (χ4v) is 5.99. The van der Waals surface area contributed by atoms with Gasteiger partial charge in [-0.1, -0.05) is 96.1 Å². The number of carbonyl (C=O) groups excluding carboxylic acids is 2. The van der Waals surface area contributed by atoms with Crippen LogP contribution in [-0.2, 0) is 25.5 Å². The van der Waals surface area contributed by atoms with Crippen LogP contribution >= 0.6 is 0 Å². The Morgan fingerprint density at radius 2 is 1.14 bits per heavy atom. The molecule has 1 heterocycles. The molecule has 0 unspecified atom stereocenters. The molecular formula is C36H57NO5. The molecule has 0 aromatic heterocycles. The van der Waals surface area contributed by atoms with Crippen LogP contribution in [0.1, 0.15) is 142 Å². The van der Waals surface area contributed by atoms with E-state index in [0.29, 0.717) is 34.9 Å². The zero-order valence-corrected chi connectivity index (χ0v) is 27.4. The summed E-state index contributed by atoms with van der Waals surface area (Å²) in [5.74, 6) is -0.801. The Labute approximate surface area is 255 Å². The van der Waals surface area contributed by atoms with Crippen LogP contribution < -0.4 is 10.1 Å². The number of carbonyl (C=O) groups is 2. The lowest BCUT2D eigenvalue weighted by molar-refractivity contribution is -0.139. The number of dihydropyridines is 1. The number of rotatable bonds is 21. The van der Waals surface area contributed by atoms with Gasteiger partial charge in [0, 0.05) is 17.0 Å². The summed E-state index contributed by atoms with van der Waals surface area (Å²) in [6.45, 7) is 12.5. The number of benzene rings is 1. The van der Waals surface area contributed by atoms with Gasteiger partial charge in [0.25, 0.3) is 0 Å². The molecule has 0 spiro atoms. The van der Waals surface area contributed by atoms with Crippen LogP contribution in [0.15, 0.2) is 40.7 Å². The Balaban J connectivity index is 2.18. The third kappa shape index (κ3) is 10.8. The summed E-state index contributed by atoms with van der Waals surface area (Å²) in [7, 11) is 0. The first kappa shape index (κ1) is 35.4. The number of nitrogens with one attached hydrogen (secondary N) is 1. The van der Waals surface area contributed by atoms with E-state index >= 15 is 0 Å². The predicted octanol–water partition coefficient (Wildman–Crippen LogP) is 9.08. The first-order chi connectivity index (χ1) is 20.4. The first-order valence-electron chi connectivity index (χ1n) is 16.7. The summed E-state index contributed by atoms with van der Waals surface area (Å²) in [6, 6.07) is 6.05. The van der Waals surface area contributed by atoms with Gasteiger partial charge in [0.05, 0.1) is 36.9 Å². The van der Waals surface area contributed by atoms with Crippen molar-refractivity contribution in [1.29, 1.82) is 0 Å². The van der Waals surface area contributed by atoms with Gasteiger partial charge in [-0.3, -0.25) is 0 Å². The normalized spacial score (nSPS) is 13.8. The highest BCUT2D eigenvalue weighted by Crippen LogP contribution is 2.45. The third-order valence-corrected chi connectivity index (χ3v) is 8.05. The van der Waals surface area contributed by atoms with Crippen molar-refractivity contribution < 1.29 is 23.8 Å². The number of hydrogen-bond donors (Lipinski definition) is 1. The summed E-state index contributed by atoms with van der Waals surface area (Å²) in [4.78, 5) is 26.7. The number of esters is 2. The molecule has 236 valence electrons. The van der Waals surface area contributed by atoms with E-state index in [1.54, 1.807) is 13.8 Å². The number of unbranched alkanes of at least 4 members (excludes halogenated alkanes) is 12. The van der Waals surface area contributed by atoms with Gasteiger partial charge < -0.3 is 19.5 Å². The predicted molar refractivity (Wildman–Crippen MR) is 172 cm³/mol. The van der Waals surface area contributed by atoms with E-state index in [9.17, 15) is 9.59 Å². The fraction of sp³-hybridized carbons (Fsp3) is 0.667. The molecule has 0 amide bonds. The van der Waals surface area contributed by atoms with Gasteiger partial charge in [0.1, 0.15) is 5.75 Å². The molecule has 42 heavy (non-hydrogen) atoms. The highest BCUT2D eigenvalue weighted by molar-refractivity contribution is 6.00. The fourth-order valence-electron chi connectivity index (χ4n) is 5.99. The summed E-state index contributed by atoms with van der Waals surface area (Å²) in [6.07, 6.45) is 17.8. The second kappa shape index (κ2) is 20.2. The molecule has 1 aliphatic rings. The Morgan fingerprint density at radius 1 is 0.667 bits per heavy atom. The van der Waals surface area contributed by atoms with Gasteiger partial charge in [-0.25, -0.2) is 9.59 Å². The van der Waals surface area contributed by atoms with E-state index in [0.717, 1.165) is 30.4 Å². The monoisotopic (exact) mass is 583 g/mol. The number of allylic oxidation sites excluding steroid dienone is 2. The molecular weight excluding hydrogens is 526 g/mol. The zero-order valence-electron chi connectivity index (χ0n) is 27.4. The number of hydrogen-bond acceptors (Lipinski definition) is 6. The minimum absolute atomic E-state index is 0.249. The molecule has 0 aliphatic carbocycles. The Hall–Kier alpha value is -2.76. The molecule has 0 fully saturated rings. The Bertz CT molecular complexity index is 1000. The van der Waals surface area contributed by atoms with Crippen molar-refractivity contribution in [1.82, 2.24) is 5.32 Å². The van der Waals surface area contributed by atoms with Crippen molar-refractivity contribution >= 4 is 11.9 Å². The van der Waals surface area contributed by atoms with E-state index in [1.165, 1.54) is 70.6 Å². The molecule has 0 saturated carbocycles. The molecule has 1 aromatic carbocycles. The lowest BCUT2D eigenvalue weighted by Crippen LogP contribution is -2.33. The highest BCUT2D eigenvalue weighted by Gasteiger charge is 2.40. The minimum atomic E-state index is -0.635. The third-order valence-electron chi connectivity index (χ3n) is 8.05. The molecule has 6 nitrogen and oxygen atoms in total. The van der Waals surface area contributed by atoms with E-state index < -0.39 is 17.9 Å². The summed E-state index contributed by atoms with van der Waals surface area (Å²) in [5, 5.41) is 3.24. The second-order valence-corrected chi connectivity index (χ2v) is 11.3. The van der Waals surface area contributed by atoms with Crippen LogP contribution in [0.5, 0.6) is 5.75 Å². The van der Waals surface area contributed by atoms with Crippen LogP contribution in [-0.4, -0.2) is 31.8 Å². The average Bonchev–Trinajstić information content (AvgIpc) is 2.95. The van der Waals surface area contributed by atoms with E-state index in [1.807, 2.05) is 32.9 Å². The van der Waals surface area contributed by atoms with Gasteiger partial charge >= 0.3 is 11.9 Å². The smallest absolute Gasteiger partial charge is 0.336 e.